The summed E-state index contributed by atoms with van der Waals surface area (Å²) in [4.78, 5) is 10.5. The van der Waals surface area contributed by atoms with Crippen LogP contribution in [0.4, 0.5) is 14.6 Å². The topological polar surface area (TPSA) is 104 Å². The molecule has 2 aromatic rings. The van der Waals surface area contributed by atoms with Gasteiger partial charge in [-0.1, -0.05) is 18.2 Å². The van der Waals surface area contributed by atoms with Crippen molar-refractivity contribution in [3.05, 3.63) is 51.9 Å². The van der Waals surface area contributed by atoms with Gasteiger partial charge in [0.15, 0.2) is 5.60 Å². The zero-order valence-corrected chi connectivity index (χ0v) is 18.4. The van der Waals surface area contributed by atoms with Gasteiger partial charge < -0.3 is 24.8 Å². The van der Waals surface area contributed by atoms with Crippen LogP contribution in [0.3, 0.4) is 0 Å². The Labute approximate surface area is 189 Å². The molecule has 0 radical (unpaired) electrons. The monoisotopic (exact) mass is 467 g/mol. The largest absolute Gasteiger partial charge is 0.390 e. The highest BCUT2D eigenvalue weighted by atomic mass is 35.5. The number of halogens is 3. The molecule has 2 aliphatic heterocycles. The van der Waals surface area contributed by atoms with Gasteiger partial charge >= 0.3 is 0 Å². The number of hydrogen-bond acceptors (Lipinski definition) is 7. The van der Waals surface area contributed by atoms with Gasteiger partial charge in [0.2, 0.25) is 5.28 Å². The predicted molar refractivity (Wildman–Crippen MR) is 114 cm³/mol. The van der Waals surface area contributed by atoms with E-state index in [1.165, 1.54) is 18.2 Å². The van der Waals surface area contributed by atoms with Gasteiger partial charge in [0.1, 0.15) is 18.3 Å². The predicted octanol–water partition coefficient (Wildman–Crippen LogP) is 3.10. The number of benzene rings is 1. The third-order valence-corrected chi connectivity index (χ3v) is 6.09. The number of amidine groups is 1. The zero-order valence-electron chi connectivity index (χ0n) is 17.7. The van der Waals surface area contributed by atoms with Crippen molar-refractivity contribution in [2.75, 3.05) is 32.2 Å². The van der Waals surface area contributed by atoms with Crippen LogP contribution in [0.5, 0.6) is 0 Å². The summed E-state index contributed by atoms with van der Waals surface area (Å²) in [5.41, 5.74) is 1.06. The van der Waals surface area contributed by atoms with E-state index in [-0.39, 0.29) is 16.9 Å². The van der Waals surface area contributed by atoms with E-state index in [1.807, 2.05) is 11.8 Å². The van der Waals surface area contributed by atoms with Crippen LogP contribution < -0.4 is 5.32 Å². The minimum atomic E-state index is -3.32. The Balaban J connectivity index is 1.56. The van der Waals surface area contributed by atoms with E-state index >= 15 is 0 Å². The molecule has 1 aromatic heterocycles. The summed E-state index contributed by atoms with van der Waals surface area (Å²) >= 11 is 6.14. The van der Waals surface area contributed by atoms with Crippen molar-refractivity contribution >= 4 is 23.3 Å². The normalized spacial score (nSPS) is 18.1. The minimum absolute atomic E-state index is 0.0563. The number of rotatable bonds is 7. The van der Waals surface area contributed by atoms with E-state index in [2.05, 4.69) is 15.3 Å². The number of nitrogens with zero attached hydrogens (tertiary/aromatic N) is 3. The third kappa shape index (κ3) is 4.03. The molecule has 11 heteroatoms. The molecule has 1 atom stereocenters. The number of methoxy groups -OCH3 is 1. The Hall–Kier alpha value is -2.40. The summed E-state index contributed by atoms with van der Waals surface area (Å²) in [6.45, 7) is 1.95. The number of hydrogen-bond donors (Lipinski definition) is 3. The van der Waals surface area contributed by atoms with Crippen LogP contribution >= 0.6 is 11.6 Å². The van der Waals surface area contributed by atoms with Crippen molar-refractivity contribution < 1.29 is 23.4 Å². The van der Waals surface area contributed by atoms with E-state index < -0.39 is 18.1 Å². The summed E-state index contributed by atoms with van der Waals surface area (Å²) in [5, 5.41) is 20.9. The van der Waals surface area contributed by atoms with Gasteiger partial charge in [-0.25, -0.2) is 9.97 Å². The highest BCUT2D eigenvalue weighted by Gasteiger charge is 2.47. The first kappa shape index (κ1) is 22.8. The highest BCUT2D eigenvalue weighted by Crippen LogP contribution is 2.35. The van der Waals surface area contributed by atoms with Crippen molar-refractivity contribution in [1.82, 2.24) is 14.9 Å². The summed E-state index contributed by atoms with van der Waals surface area (Å²) in [7, 11) is 1.56. The summed E-state index contributed by atoms with van der Waals surface area (Å²) in [6.07, 6.45) is 0. The molecule has 0 bridgehead atoms. The van der Waals surface area contributed by atoms with Crippen molar-refractivity contribution in [3.63, 3.8) is 0 Å². The number of nitrogens with one attached hydrogen (secondary N) is 2. The number of alkyl halides is 2. The number of ether oxygens (including phenoxy) is 2. The second-order valence-electron chi connectivity index (χ2n) is 8.02. The summed E-state index contributed by atoms with van der Waals surface area (Å²) in [6, 6.07) is 5.51. The fourth-order valence-electron chi connectivity index (χ4n) is 3.84. The first-order valence-electron chi connectivity index (χ1n) is 10.1. The van der Waals surface area contributed by atoms with Crippen LogP contribution in [-0.4, -0.2) is 58.3 Å². The van der Waals surface area contributed by atoms with Crippen LogP contribution in [0.1, 0.15) is 35.3 Å². The SMILES string of the molecule is COC1(C(=N)N2Cc3nc(Cl)nc(N[C@H](C)c4cccc(C(F)(F)CO)c4)c3C2)COC1. The first-order chi connectivity index (χ1) is 15.2. The maximum absolute atomic E-state index is 13.9. The Morgan fingerprint density at radius 2 is 2.16 bits per heavy atom. The van der Waals surface area contributed by atoms with E-state index in [0.717, 1.165) is 5.56 Å². The molecule has 0 unspecified atom stereocenters. The molecule has 8 nitrogen and oxygen atoms in total. The smallest absolute Gasteiger partial charge is 0.295 e. The van der Waals surface area contributed by atoms with Crippen molar-refractivity contribution in [2.24, 2.45) is 0 Å². The van der Waals surface area contributed by atoms with Gasteiger partial charge in [-0.2, -0.15) is 8.78 Å². The van der Waals surface area contributed by atoms with Gasteiger partial charge in [0.05, 0.1) is 32.0 Å². The first-order valence-corrected chi connectivity index (χ1v) is 10.4. The van der Waals surface area contributed by atoms with E-state index in [1.54, 1.807) is 13.2 Å². The van der Waals surface area contributed by atoms with Gasteiger partial charge in [0.25, 0.3) is 5.92 Å². The Bertz CT molecular complexity index is 1030. The minimum Gasteiger partial charge on any atom is -0.390 e. The molecule has 0 saturated carbocycles. The molecule has 1 saturated heterocycles. The fourth-order valence-corrected chi connectivity index (χ4v) is 4.03. The number of aromatic nitrogens is 2. The van der Waals surface area contributed by atoms with Crippen molar-refractivity contribution in [2.45, 2.75) is 37.6 Å². The Morgan fingerprint density at radius 3 is 2.78 bits per heavy atom. The van der Waals surface area contributed by atoms with Gasteiger partial charge in [-0.15, -0.1) is 0 Å². The van der Waals surface area contributed by atoms with Crippen LogP contribution in [-0.2, 0) is 28.5 Å². The van der Waals surface area contributed by atoms with Crippen LogP contribution in [0.25, 0.3) is 0 Å². The second-order valence-corrected chi connectivity index (χ2v) is 8.35. The number of anilines is 1. The van der Waals surface area contributed by atoms with E-state index in [9.17, 15) is 8.78 Å². The summed E-state index contributed by atoms with van der Waals surface area (Å²) < 4.78 is 38.6. The fraction of sp³-hybridized carbons (Fsp3) is 0.476. The number of aliphatic hydroxyl groups is 1. The average Bonchev–Trinajstić information content (AvgIpc) is 3.17. The molecule has 0 amide bonds. The lowest BCUT2D eigenvalue weighted by atomic mass is 9.99. The van der Waals surface area contributed by atoms with Crippen LogP contribution in [0.15, 0.2) is 24.3 Å². The molecule has 32 heavy (non-hydrogen) atoms. The maximum atomic E-state index is 13.9. The molecule has 4 rings (SSSR count). The summed E-state index contributed by atoms with van der Waals surface area (Å²) in [5.74, 6) is -2.53. The van der Waals surface area contributed by atoms with Crippen molar-refractivity contribution in [3.8, 4) is 0 Å². The maximum Gasteiger partial charge on any atom is 0.295 e. The molecule has 1 fully saturated rings. The molecule has 172 valence electrons. The zero-order chi connectivity index (χ0) is 23.1. The third-order valence-electron chi connectivity index (χ3n) is 5.92. The lowest BCUT2D eigenvalue weighted by Crippen LogP contribution is -2.61. The Morgan fingerprint density at radius 1 is 1.41 bits per heavy atom. The molecule has 2 aliphatic rings. The van der Waals surface area contributed by atoms with Crippen LogP contribution in [0, 0.1) is 5.41 Å². The van der Waals surface area contributed by atoms with E-state index in [0.29, 0.717) is 49.2 Å². The molecule has 1 aromatic carbocycles. The number of fused-ring (bicyclic) bond motifs is 1. The highest BCUT2D eigenvalue weighted by molar-refractivity contribution is 6.28. The molecule has 0 spiro atoms. The van der Waals surface area contributed by atoms with Gasteiger partial charge in [-0.3, -0.25) is 5.41 Å². The molecule has 0 aliphatic carbocycles. The van der Waals surface area contributed by atoms with Gasteiger partial charge in [0, 0.05) is 24.3 Å². The lowest BCUT2D eigenvalue weighted by Gasteiger charge is -2.42. The van der Waals surface area contributed by atoms with Crippen LogP contribution in [0.2, 0.25) is 5.28 Å². The molecule has 3 N–H and O–H groups in total. The molecular weight excluding hydrogens is 444 g/mol. The van der Waals surface area contributed by atoms with E-state index in [4.69, 9.17) is 31.6 Å². The van der Waals surface area contributed by atoms with Gasteiger partial charge in [-0.05, 0) is 30.2 Å². The molecule has 3 heterocycles. The Kier molecular flexibility index (Phi) is 6.06. The second kappa shape index (κ2) is 8.51. The average molecular weight is 468 g/mol. The van der Waals surface area contributed by atoms with Crippen molar-refractivity contribution in [1.29, 1.82) is 5.41 Å². The number of aliphatic hydroxyl groups excluding tert-OH is 1. The standard InChI is InChI=1S/C21H24ClF2N5O3/c1-12(13-4-3-5-14(6-13)21(23,24)9-30)26-17-15-7-29(8-16(15)27-19(22)28-17)18(25)20(31-2)10-32-11-20/h3-6,12,25,30H,7-11H2,1-2H3,(H,26,27,28)/t12-/m1/s1. The molecular formula is C21H24ClF2N5O3. The quantitative estimate of drug-likeness (QED) is 0.326. The lowest BCUT2D eigenvalue weighted by molar-refractivity contribution is -0.158.